The SMILES string of the molecule is CCCCCc1cccc(C(F)C(=O)O)c1. The zero-order valence-corrected chi connectivity index (χ0v) is 9.45. The minimum atomic E-state index is -1.91. The molecule has 0 bridgehead atoms. The number of carbonyl (C=O) groups is 1. The molecule has 16 heavy (non-hydrogen) atoms. The van der Waals surface area contributed by atoms with Crippen LogP contribution in [0.5, 0.6) is 0 Å². The minimum Gasteiger partial charge on any atom is -0.479 e. The summed E-state index contributed by atoms with van der Waals surface area (Å²) in [6.07, 6.45) is 2.31. The molecule has 1 atom stereocenters. The molecule has 0 amide bonds. The molecule has 3 heteroatoms. The van der Waals surface area contributed by atoms with Gasteiger partial charge in [-0.3, -0.25) is 0 Å². The van der Waals surface area contributed by atoms with Crippen molar-refractivity contribution >= 4 is 5.97 Å². The Morgan fingerprint density at radius 2 is 2.19 bits per heavy atom. The Balaban J connectivity index is 2.67. The number of aliphatic carboxylic acids is 1. The number of halogens is 1. The summed E-state index contributed by atoms with van der Waals surface area (Å²) in [5, 5.41) is 8.57. The molecule has 0 aromatic heterocycles. The molecule has 0 fully saturated rings. The van der Waals surface area contributed by atoms with Gasteiger partial charge in [0.05, 0.1) is 0 Å². The van der Waals surface area contributed by atoms with Crippen molar-refractivity contribution in [2.45, 2.75) is 38.8 Å². The highest BCUT2D eigenvalue weighted by atomic mass is 19.1. The Labute approximate surface area is 95.1 Å². The van der Waals surface area contributed by atoms with Gasteiger partial charge in [-0.05, 0) is 24.0 Å². The molecular formula is C13H17FO2. The normalized spacial score (nSPS) is 12.4. The molecule has 0 aliphatic rings. The molecular weight excluding hydrogens is 207 g/mol. The predicted molar refractivity (Wildman–Crippen MR) is 61.2 cm³/mol. The van der Waals surface area contributed by atoms with Crippen LogP contribution in [0.1, 0.15) is 43.5 Å². The number of rotatable bonds is 6. The molecule has 1 N–H and O–H groups in total. The molecule has 0 heterocycles. The third kappa shape index (κ3) is 3.65. The maximum absolute atomic E-state index is 13.2. The van der Waals surface area contributed by atoms with Gasteiger partial charge in [-0.15, -0.1) is 0 Å². The molecule has 1 unspecified atom stereocenters. The van der Waals surface area contributed by atoms with E-state index in [0.717, 1.165) is 31.2 Å². The van der Waals surface area contributed by atoms with Gasteiger partial charge in [-0.2, -0.15) is 0 Å². The van der Waals surface area contributed by atoms with Crippen molar-refractivity contribution in [3.05, 3.63) is 35.4 Å². The molecule has 1 aromatic carbocycles. The summed E-state index contributed by atoms with van der Waals surface area (Å²) in [7, 11) is 0. The fraction of sp³-hybridized carbons (Fsp3) is 0.462. The summed E-state index contributed by atoms with van der Waals surface area (Å²) >= 11 is 0. The van der Waals surface area contributed by atoms with Crippen LogP contribution in [-0.4, -0.2) is 11.1 Å². The van der Waals surface area contributed by atoms with Crippen molar-refractivity contribution in [2.24, 2.45) is 0 Å². The third-order valence-electron chi connectivity index (χ3n) is 2.53. The summed E-state index contributed by atoms with van der Waals surface area (Å²) < 4.78 is 13.2. The molecule has 1 rings (SSSR count). The lowest BCUT2D eigenvalue weighted by Crippen LogP contribution is -2.06. The van der Waals surface area contributed by atoms with E-state index in [1.165, 1.54) is 6.07 Å². The van der Waals surface area contributed by atoms with Crippen LogP contribution < -0.4 is 0 Å². The topological polar surface area (TPSA) is 37.3 Å². The quantitative estimate of drug-likeness (QED) is 0.751. The highest BCUT2D eigenvalue weighted by molar-refractivity contribution is 5.74. The van der Waals surface area contributed by atoms with Crippen molar-refractivity contribution in [3.8, 4) is 0 Å². The monoisotopic (exact) mass is 224 g/mol. The number of carboxylic acid groups (broad SMARTS) is 1. The number of aryl methyl sites for hydroxylation is 1. The molecule has 0 radical (unpaired) electrons. The highest BCUT2D eigenvalue weighted by Gasteiger charge is 2.17. The smallest absolute Gasteiger partial charge is 0.343 e. The zero-order valence-electron chi connectivity index (χ0n) is 9.45. The first kappa shape index (κ1) is 12.7. The van der Waals surface area contributed by atoms with Crippen molar-refractivity contribution < 1.29 is 14.3 Å². The van der Waals surface area contributed by atoms with Gasteiger partial charge in [0.25, 0.3) is 0 Å². The van der Waals surface area contributed by atoms with Crippen LogP contribution in [0.2, 0.25) is 0 Å². The zero-order chi connectivity index (χ0) is 12.0. The average Bonchev–Trinajstić information content (AvgIpc) is 2.29. The van der Waals surface area contributed by atoms with Gasteiger partial charge in [0, 0.05) is 0 Å². The Kier molecular flexibility index (Phi) is 4.96. The Bertz CT molecular complexity index is 350. The number of hydrogen-bond donors (Lipinski definition) is 1. The first-order valence-electron chi connectivity index (χ1n) is 5.61. The van der Waals surface area contributed by atoms with Gasteiger partial charge in [-0.1, -0.05) is 44.0 Å². The molecule has 0 aliphatic heterocycles. The van der Waals surface area contributed by atoms with Gasteiger partial charge in [0.1, 0.15) is 0 Å². The maximum atomic E-state index is 13.2. The van der Waals surface area contributed by atoms with Crippen molar-refractivity contribution in [1.82, 2.24) is 0 Å². The summed E-state index contributed by atoms with van der Waals surface area (Å²) in [5.74, 6) is -1.43. The van der Waals surface area contributed by atoms with E-state index in [0.29, 0.717) is 0 Å². The number of hydrogen-bond acceptors (Lipinski definition) is 1. The second kappa shape index (κ2) is 6.26. The lowest BCUT2D eigenvalue weighted by molar-refractivity contribution is -0.143. The number of unbranched alkanes of at least 4 members (excludes halogenated alkanes) is 2. The molecule has 0 spiro atoms. The average molecular weight is 224 g/mol. The Hall–Kier alpha value is -1.38. The van der Waals surface area contributed by atoms with Crippen LogP contribution in [0.3, 0.4) is 0 Å². The van der Waals surface area contributed by atoms with Gasteiger partial charge < -0.3 is 5.11 Å². The molecule has 88 valence electrons. The third-order valence-corrected chi connectivity index (χ3v) is 2.53. The molecule has 0 saturated carbocycles. The predicted octanol–water partition coefficient (Wildman–Crippen LogP) is 3.51. The van der Waals surface area contributed by atoms with Crippen LogP contribution >= 0.6 is 0 Å². The van der Waals surface area contributed by atoms with E-state index in [9.17, 15) is 9.18 Å². The highest BCUT2D eigenvalue weighted by Crippen LogP contribution is 2.19. The maximum Gasteiger partial charge on any atom is 0.343 e. The fourth-order valence-corrected chi connectivity index (χ4v) is 1.63. The van der Waals surface area contributed by atoms with Crippen molar-refractivity contribution in [2.75, 3.05) is 0 Å². The fourth-order valence-electron chi connectivity index (χ4n) is 1.63. The molecule has 1 aromatic rings. The van der Waals surface area contributed by atoms with E-state index in [2.05, 4.69) is 6.92 Å². The van der Waals surface area contributed by atoms with Gasteiger partial charge in [0.2, 0.25) is 6.17 Å². The number of alkyl halides is 1. The van der Waals surface area contributed by atoms with Gasteiger partial charge in [0.15, 0.2) is 0 Å². The number of carboxylic acids is 1. The van der Waals surface area contributed by atoms with E-state index in [-0.39, 0.29) is 5.56 Å². The standard InChI is InChI=1S/C13H17FO2/c1-2-3-4-6-10-7-5-8-11(9-10)12(14)13(15)16/h5,7-9,12H,2-4,6H2,1H3,(H,15,16). The lowest BCUT2D eigenvalue weighted by Gasteiger charge is -2.06. The van der Waals surface area contributed by atoms with E-state index in [1.807, 2.05) is 6.07 Å². The first-order valence-corrected chi connectivity index (χ1v) is 5.61. The van der Waals surface area contributed by atoms with Crippen LogP contribution in [0.25, 0.3) is 0 Å². The summed E-state index contributed by atoms with van der Waals surface area (Å²) in [5.41, 5.74) is 1.25. The molecule has 0 saturated heterocycles. The van der Waals surface area contributed by atoms with E-state index in [4.69, 9.17) is 5.11 Å². The summed E-state index contributed by atoms with van der Waals surface area (Å²) in [6.45, 7) is 2.12. The number of benzene rings is 1. The Morgan fingerprint density at radius 3 is 2.81 bits per heavy atom. The van der Waals surface area contributed by atoms with E-state index >= 15 is 0 Å². The van der Waals surface area contributed by atoms with E-state index < -0.39 is 12.1 Å². The summed E-state index contributed by atoms with van der Waals surface area (Å²) in [4.78, 5) is 10.5. The lowest BCUT2D eigenvalue weighted by atomic mass is 10.0. The second-order valence-electron chi connectivity index (χ2n) is 3.90. The minimum absolute atomic E-state index is 0.237. The van der Waals surface area contributed by atoms with Gasteiger partial charge >= 0.3 is 5.97 Å². The second-order valence-corrected chi connectivity index (χ2v) is 3.90. The van der Waals surface area contributed by atoms with Crippen molar-refractivity contribution in [1.29, 1.82) is 0 Å². The summed E-state index contributed by atoms with van der Waals surface area (Å²) in [6, 6.07) is 6.79. The molecule has 0 aliphatic carbocycles. The largest absolute Gasteiger partial charge is 0.479 e. The molecule has 2 nitrogen and oxygen atoms in total. The van der Waals surface area contributed by atoms with Gasteiger partial charge in [-0.25, -0.2) is 9.18 Å². The van der Waals surface area contributed by atoms with E-state index in [1.54, 1.807) is 12.1 Å². The van der Waals surface area contributed by atoms with Crippen LogP contribution in [0, 0.1) is 0 Å². The van der Waals surface area contributed by atoms with Crippen molar-refractivity contribution in [3.63, 3.8) is 0 Å². The van der Waals surface area contributed by atoms with Crippen LogP contribution in [-0.2, 0) is 11.2 Å². The van der Waals surface area contributed by atoms with Crippen LogP contribution in [0.4, 0.5) is 4.39 Å². The first-order chi connectivity index (χ1) is 7.65. The van der Waals surface area contributed by atoms with Crippen LogP contribution in [0.15, 0.2) is 24.3 Å². The Morgan fingerprint density at radius 1 is 1.44 bits per heavy atom.